The van der Waals surface area contributed by atoms with Crippen molar-refractivity contribution >= 4 is 11.9 Å². The van der Waals surface area contributed by atoms with Gasteiger partial charge in [-0.25, -0.2) is 4.79 Å². The van der Waals surface area contributed by atoms with E-state index < -0.39 is 36.8 Å². The van der Waals surface area contributed by atoms with E-state index in [9.17, 15) is 15.0 Å². The Hall–Kier alpha value is -1.74. The number of anilines is 1. The maximum atomic E-state index is 12.0. The molecule has 0 unspecified atom stereocenters. The number of nitrogen functional groups attached to an aromatic ring is 1. The molecule has 0 saturated carbocycles. The Kier molecular flexibility index (Phi) is 5.89. The smallest absolute Gasteiger partial charge is 0.351 e. The second-order valence-electron chi connectivity index (χ2n) is 5.54. The van der Waals surface area contributed by atoms with Gasteiger partial charge in [0.2, 0.25) is 0 Å². The van der Waals surface area contributed by atoms with Crippen LogP contribution in [0, 0.1) is 0 Å². The predicted octanol–water partition coefficient (Wildman–Crippen LogP) is -0.360. The second-order valence-corrected chi connectivity index (χ2v) is 5.54. The highest BCUT2D eigenvalue weighted by atomic mass is 16.6. The minimum Gasteiger partial charge on any atom is -0.394 e. The lowest BCUT2D eigenvalue weighted by Crippen LogP contribution is -2.36. The molecule has 8 heteroatoms. The Labute approximate surface area is 133 Å². The van der Waals surface area contributed by atoms with Gasteiger partial charge < -0.3 is 25.8 Å². The molecule has 23 heavy (non-hydrogen) atoms. The first-order valence-electron chi connectivity index (χ1n) is 7.67. The van der Waals surface area contributed by atoms with Crippen LogP contribution in [0.25, 0.3) is 6.08 Å². The first kappa shape index (κ1) is 17.6. The lowest BCUT2D eigenvalue weighted by Gasteiger charge is -2.18. The molecule has 4 atom stereocenters. The Morgan fingerprint density at radius 3 is 2.78 bits per heavy atom. The number of aromatic nitrogens is 2. The molecule has 5 N–H and O–H groups in total. The van der Waals surface area contributed by atoms with Crippen molar-refractivity contribution in [3.05, 3.63) is 28.3 Å². The van der Waals surface area contributed by atoms with Crippen molar-refractivity contribution in [3.63, 3.8) is 0 Å². The van der Waals surface area contributed by atoms with Crippen LogP contribution in [-0.4, -0.2) is 49.8 Å². The van der Waals surface area contributed by atoms with E-state index >= 15 is 0 Å². The molecule has 0 amide bonds. The van der Waals surface area contributed by atoms with E-state index in [1.165, 1.54) is 6.20 Å². The molecule has 0 aliphatic carbocycles. The normalized spacial score (nSPS) is 27.8. The largest absolute Gasteiger partial charge is 0.394 e. The number of nitrogens with zero attached hydrogens (tertiary/aromatic N) is 2. The van der Waals surface area contributed by atoms with Crippen molar-refractivity contribution < 1.29 is 20.1 Å². The van der Waals surface area contributed by atoms with E-state index in [2.05, 4.69) is 11.9 Å². The Morgan fingerprint density at radius 1 is 1.43 bits per heavy atom. The number of aliphatic hydroxyl groups is 3. The summed E-state index contributed by atoms with van der Waals surface area (Å²) >= 11 is 0. The summed E-state index contributed by atoms with van der Waals surface area (Å²) in [6, 6.07) is 0. The van der Waals surface area contributed by atoms with Gasteiger partial charge in [-0.2, -0.15) is 4.98 Å². The fourth-order valence-electron chi connectivity index (χ4n) is 2.45. The molecular weight excluding hydrogens is 302 g/mol. The molecule has 1 saturated heterocycles. The monoisotopic (exact) mass is 325 g/mol. The highest BCUT2D eigenvalue weighted by Crippen LogP contribution is 2.28. The summed E-state index contributed by atoms with van der Waals surface area (Å²) in [5.74, 6) is 0.0886. The third-order valence-electron chi connectivity index (χ3n) is 3.82. The number of hydrogen-bond acceptors (Lipinski definition) is 7. The van der Waals surface area contributed by atoms with Crippen LogP contribution in [0.4, 0.5) is 5.82 Å². The first-order valence-corrected chi connectivity index (χ1v) is 7.67. The average molecular weight is 325 g/mol. The van der Waals surface area contributed by atoms with E-state index in [0.717, 1.165) is 23.8 Å². The summed E-state index contributed by atoms with van der Waals surface area (Å²) in [6.45, 7) is 1.63. The van der Waals surface area contributed by atoms with Crippen LogP contribution in [0.5, 0.6) is 0 Å². The lowest BCUT2D eigenvalue weighted by molar-refractivity contribution is -0.0549. The van der Waals surface area contributed by atoms with Gasteiger partial charge in [-0.05, 0) is 6.42 Å². The van der Waals surface area contributed by atoms with E-state index in [4.69, 9.17) is 15.6 Å². The highest BCUT2D eigenvalue weighted by molar-refractivity contribution is 5.59. The maximum absolute atomic E-state index is 12.0. The molecule has 0 aromatic carbocycles. The van der Waals surface area contributed by atoms with E-state index in [-0.39, 0.29) is 5.82 Å². The molecular formula is C15H23N3O5. The number of aliphatic hydroxyl groups excluding tert-OH is 3. The quantitative estimate of drug-likeness (QED) is 0.525. The third kappa shape index (κ3) is 3.78. The standard InChI is InChI=1S/C15H23N3O5/c1-2-3-4-5-6-9-7-18(15(22)17-13(9)16)14-12(21)11(20)10(8-19)23-14/h5-7,10-12,14,19-21H,2-4,8H2,1H3,(H2,16,17,22)/t10-,11-,12-,14-/m1/s1. The third-order valence-corrected chi connectivity index (χ3v) is 3.82. The maximum Gasteiger partial charge on any atom is 0.351 e. The molecule has 1 aromatic rings. The van der Waals surface area contributed by atoms with Crippen LogP contribution in [0.3, 0.4) is 0 Å². The number of hydrogen-bond donors (Lipinski definition) is 4. The first-order chi connectivity index (χ1) is 11.0. The zero-order chi connectivity index (χ0) is 17.0. The van der Waals surface area contributed by atoms with E-state index in [0.29, 0.717) is 5.56 Å². The van der Waals surface area contributed by atoms with Crippen molar-refractivity contribution in [2.24, 2.45) is 0 Å². The molecule has 0 radical (unpaired) electrons. The minimum atomic E-state index is -1.34. The summed E-state index contributed by atoms with van der Waals surface area (Å²) in [7, 11) is 0. The summed E-state index contributed by atoms with van der Waals surface area (Å²) < 4.78 is 6.43. The molecule has 2 heterocycles. The summed E-state index contributed by atoms with van der Waals surface area (Å²) in [6.07, 6.45) is 3.42. The van der Waals surface area contributed by atoms with Crippen LogP contribution in [0.2, 0.25) is 0 Å². The number of nitrogens with two attached hydrogens (primary N) is 1. The molecule has 1 fully saturated rings. The van der Waals surface area contributed by atoms with Crippen LogP contribution in [0.15, 0.2) is 17.1 Å². The Morgan fingerprint density at radius 2 is 2.17 bits per heavy atom. The van der Waals surface area contributed by atoms with Crippen LogP contribution in [-0.2, 0) is 4.74 Å². The van der Waals surface area contributed by atoms with Crippen LogP contribution in [0.1, 0.15) is 38.0 Å². The van der Waals surface area contributed by atoms with E-state index in [1.54, 1.807) is 6.08 Å². The Bertz CT molecular complexity index is 616. The van der Waals surface area contributed by atoms with Crippen LogP contribution >= 0.6 is 0 Å². The van der Waals surface area contributed by atoms with Gasteiger partial charge in [0.1, 0.15) is 24.1 Å². The van der Waals surface area contributed by atoms with Gasteiger partial charge in [0.25, 0.3) is 0 Å². The zero-order valence-corrected chi connectivity index (χ0v) is 13.0. The minimum absolute atomic E-state index is 0.0886. The number of ether oxygens (including phenoxy) is 1. The Balaban J connectivity index is 2.29. The molecule has 0 bridgehead atoms. The number of unbranched alkanes of at least 4 members (excludes halogenated alkanes) is 2. The topological polar surface area (TPSA) is 131 Å². The molecule has 0 spiro atoms. The van der Waals surface area contributed by atoms with E-state index in [1.807, 2.05) is 6.08 Å². The highest BCUT2D eigenvalue weighted by Gasteiger charge is 2.43. The number of allylic oxidation sites excluding steroid dienone is 1. The predicted molar refractivity (Wildman–Crippen MR) is 84.5 cm³/mol. The fraction of sp³-hybridized carbons (Fsp3) is 0.600. The van der Waals surface area contributed by atoms with Gasteiger partial charge in [0, 0.05) is 11.8 Å². The van der Waals surface area contributed by atoms with Gasteiger partial charge in [-0.15, -0.1) is 0 Å². The van der Waals surface area contributed by atoms with Gasteiger partial charge >= 0.3 is 5.69 Å². The molecule has 2 rings (SSSR count). The summed E-state index contributed by atoms with van der Waals surface area (Å²) in [4.78, 5) is 15.7. The van der Waals surface area contributed by atoms with Crippen LogP contribution < -0.4 is 11.4 Å². The van der Waals surface area contributed by atoms with Gasteiger partial charge in [0.05, 0.1) is 6.61 Å². The van der Waals surface area contributed by atoms with Gasteiger partial charge in [0.15, 0.2) is 6.23 Å². The summed E-state index contributed by atoms with van der Waals surface area (Å²) in [5, 5.41) is 28.9. The average Bonchev–Trinajstić information content (AvgIpc) is 2.81. The fourth-order valence-corrected chi connectivity index (χ4v) is 2.45. The number of rotatable bonds is 6. The van der Waals surface area contributed by atoms with Crippen molar-refractivity contribution in [2.75, 3.05) is 12.3 Å². The zero-order valence-electron chi connectivity index (χ0n) is 13.0. The van der Waals surface area contributed by atoms with Gasteiger partial charge in [-0.3, -0.25) is 4.57 Å². The second kappa shape index (κ2) is 7.69. The SMILES string of the molecule is CCCCC=Cc1cn([C@@H]2O[C@H](CO)[C@@H](O)[C@H]2O)c(=O)nc1N. The molecule has 1 aromatic heterocycles. The van der Waals surface area contributed by atoms with Crippen molar-refractivity contribution in [2.45, 2.75) is 50.7 Å². The molecule has 1 aliphatic heterocycles. The lowest BCUT2D eigenvalue weighted by atomic mass is 10.1. The van der Waals surface area contributed by atoms with Crippen molar-refractivity contribution in [1.82, 2.24) is 9.55 Å². The van der Waals surface area contributed by atoms with Crippen molar-refractivity contribution in [1.29, 1.82) is 0 Å². The molecule has 1 aliphatic rings. The molecule has 8 nitrogen and oxygen atoms in total. The molecule has 128 valence electrons. The van der Waals surface area contributed by atoms with Gasteiger partial charge in [-0.1, -0.05) is 31.9 Å². The summed E-state index contributed by atoms with van der Waals surface area (Å²) in [5.41, 5.74) is 5.59. The van der Waals surface area contributed by atoms with Crippen molar-refractivity contribution in [3.8, 4) is 0 Å².